The molecular formula is C26H28N6. The summed E-state index contributed by atoms with van der Waals surface area (Å²) in [5.74, 6) is 0. The Bertz CT molecular complexity index is 1250. The Kier molecular flexibility index (Phi) is 4.15. The lowest BCUT2D eigenvalue weighted by Gasteiger charge is -2.48. The molecule has 2 N–H and O–H groups in total. The molecule has 1 aromatic carbocycles. The highest BCUT2D eigenvalue weighted by atomic mass is 15.3. The summed E-state index contributed by atoms with van der Waals surface area (Å²) in [5.41, 5.74) is 14.5. The molecule has 1 aliphatic carbocycles. The van der Waals surface area contributed by atoms with Gasteiger partial charge in [0.25, 0.3) is 0 Å². The summed E-state index contributed by atoms with van der Waals surface area (Å²) in [6.45, 7) is 9.16. The SMILES string of the molecule is C[C@@H]1CN(c2ccc(C#N)c3ncccc23)CC2=C3CC=C(N4CC(C)(N)C4)C=C3CN21. The third kappa shape index (κ3) is 2.92. The second kappa shape index (κ2) is 6.85. The van der Waals surface area contributed by atoms with Gasteiger partial charge in [-0.15, -0.1) is 0 Å². The van der Waals surface area contributed by atoms with Crippen LogP contribution in [-0.2, 0) is 0 Å². The Labute approximate surface area is 188 Å². The summed E-state index contributed by atoms with van der Waals surface area (Å²) < 4.78 is 0. The highest BCUT2D eigenvalue weighted by Crippen LogP contribution is 2.41. The number of allylic oxidation sites excluding steroid dienone is 2. The van der Waals surface area contributed by atoms with Crippen molar-refractivity contribution in [1.29, 1.82) is 5.26 Å². The van der Waals surface area contributed by atoms with E-state index in [1.165, 1.54) is 28.2 Å². The number of piperazine rings is 1. The van der Waals surface area contributed by atoms with E-state index in [9.17, 15) is 5.26 Å². The molecule has 3 aliphatic heterocycles. The van der Waals surface area contributed by atoms with Crippen LogP contribution in [0.25, 0.3) is 10.9 Å². The van der Waals surface area contributed by atoms with Gasteiger partial charge in [-0.1, -0.05) is 6.08 Å². The standard InChI is InChI=1S/C26H28N6/c1-17-12-30(23-8-5-18(11-27)25-22(23)4-3-9-29-25)14-24-21-7-6-20(10-19(21)13-32(17)24)31-15-26(2,28)16-31/h3-6,8-10,17H,7,12-16,28H2,1-2H3/t17-/m1/s1. The van der Waals surface area contributed by atoms with Crippen molar-refractivity contribution in [2.45, 2.75) is 31.8 Å². The lowest BCUT2D eigenvalue weighted by Crippen LogP contribution is -2.64. The van der Waals surface area contributed by atoms with Crippen LogP contribution >= 0.6 is 0 Å². The molecule has 6 heteroatoms. The predicted molar refractivity (Wildman–Crippen MR) is 127 cm³/mol. The van der Waals surface area contributed by atoms with Crippen LogP contribution in [0.5, 0.6) is 0 Å². The Morgan fingerprint density at radius 3 is 2.81 bits per heavy atom. The number of nitrogens with zero attached hydrogens (tertiary/aromatic N) is 5. The average molecular weight is 425 g/mol. The molecule has 6 nitrogen and oxygen atoms in total. The van der Waals surface area contributed by atoms with E-state index in [0.29, 0.717) is 11.6 Å². The van der Waals surface area contributed by atoms with Crippen LogP contribution in [0.1, 0.15) is 25.8 Å². The molecule has 162 valence electrons. The van der Waals surface area contributed by atoms with Gasteiger partial charge >= 0.3 is 0 Å². The van der Waals surface area contributed by atoms with E-state index in [0.717, 1.165) is 50.0 Å². The lowest BCUT2D eigenvalue weighted by molar-refractivity contribution is 0.127. The molecule has 0 unspecified atom stereocenters. The highest BCUT2D eigenvalue weighted by molar-refractivity contribution is 5.95. The zero-order valence-electron chi connectivity index (χ0n) is 18.7. The first kappa shape index (κ1) is 19.4. The molecule has 1 aromatic heterocycles. The van der Waals surface area contributed by atoms with Crippen molar-refractivity contribution in [3.63, 3.8) is 0 Å². The van der Waals surface area contributed by atoms with Gasteiger partial charge in [0.15, 0.2) is 0 Å². The molecule has 0 amide bonds. The molecule has 1 atom stereocenters. The van der Waals surface area contributed by atoms with Gasteiger partial charge in [0.2, 0.25) is 0 Å². The lowest BCUT2D eigenvalue weighted by atomic mass is 9.90. The van der Waals surface area contributed by atoms with Crippen molar-refractivity contribution in [2.24, 2.45) is 5.73 Å². The van der Waals surface area contributed by atoms with E-state index >= 15 is 0 Å². The van der Waals surface area contributed by atoms with Crippen molar-refractivity contribution >= 4 is 16.6 Å². The van der Waals surface area contributed by atoms with Crippen molar-refractivity contribution in [2.75, 3.05) is 37.6 Å². The number of hydrogen-bond donors (Lipinski definition) is 1. The van der Waals surface area contributed by atoms with Gasteiger partial charge in [0.1, 0.15) is 6.07 Å². The Hall–Kier alpha value is -3.30. The average Bonchev–Trinajstić information content (AvgIpc) is 3.15. The number of hydrogen-bond acceptors (Lipinski definition) is 6. The minimum atomic E-state index is -0.0566. The molecule has 2 saturated heterocycles. The molecule has 0 radical (unpaired) electrons. The van der Waals surface area contributed by atoms with Crippen LogP contribution in [0.2, 0.25) is 0 Å². The predicted octanol–water partition coefficient (Wildman–Crippen LogP) is 3.13. The number of nitriles is 1. The zero-order chi connectivity index (χ0) is 22.0. The maximum atomic E-state index is 9.50. The van der Waals surface area contributed by atoms with Crippen molar-refractivity contribution in [3.05, 3.63) is 70.7 Å². The third-order valence-electron chi connectivity index (χ3n) is 7.30. The van der Waals surface area contributed by atoms with E-state index in [2.05, 4.69) is 63.9 Å². The maximum absolute atomic E-state index is 9.50. The number of anilines is 1. The quantitative estimate of drug-likeness (QED) is 0.799. The van der Waals surface area contributed by atoms with Gasteiger partial charge in [-0.25, -0.2) is 0 Å². The summed E-state index contributed by atoms with van der Waals surface area (Å²) >= 11 is 0. The van der Waals surface area contributed by atoms with Gasteiger partial charge in [-0.05, 0) is 61.8 Å². The minimum Gasteiger partial charge on any atom is -0.368 e. The fourth-order valence-corrected chi connectivity index (χ4v) is 5.77. The number of nitrogens with two attached hydrogens (primary N) is 1. The van der Waals surface area contributed by atoms with E-state index in [-0.39, 0.29) is 5.54 Å². The number of rotatable bonds is 2. The van der Waals surface area contributed by atoms with Gasteiger partial charge in [0, 0.05) is 66.4 Å². The summed E-state index contributed by atoms with van der Waals surface area (Å²) in [5, 5.41) is 10.6. The van der Waals surface area contributed by atoms with Crippen molar-refractivity contribution in [1.82, 2.24) is 14.8 Å². The summed E-state index contributed by atoms with van der Waals surface area (Å²) in [6.07, 6.45) is 7.51. The van der Waals surface area contributed by atoms with Crippen LogP contribution in [-0.4, -0.2) is 59.1 Å². The zero-order valence-corrected chi connectivity index (χ0v) is 18.7. The van der Waals surface area contributed by atoms with Gasteiger partial charge < -0.3 is 20.4 Å². The summed E-state index contributed by atoms with van der Waals surface area (Å²) in [7, 11) is 0. The molecule has 2 fully saturated rings. The normalized spacial score (nSPS) is 23.9. The molecule has 32 heavy (non-hydrogen) atoms. The number of benzene rings is 1. The largest absolute Gasteiger partial charge is 0.368 e. The molecule has 6 rings (SSSR count). The monoisotopic (exact) mass is 424 g/mol. The van der Waals surface area contributed by atoms with Crippen LogP contribution in [0.15, 0.2) is 65.2 Å². The third-order valence-corrected chi connectivity index (χ3v) is 7.30. The van der Waals surface area contributed by atoms with E-state index in [1.807, 2.05) is 12.1 Å². The molecule has 4 heterocycles. The van der Waals surface area contributed by atoms with Crippen LogP contribution < -0.4 is 10.6 Å². The molecular weight excluding hydrogens is 396 g/mol. The Balaban J connectivity index is 1.33. The summed E-state index contributed by atoms with van der Waals surface area (Å²) in [6, 6.07) is 10.7. The molecule has 0 spiro atoms. The Morgan fingerprint density at radius 2 is 2.03 bits per heavy atom. The topological polar surface area (TPSA) is 72.4 Å². The Morgan fingerprint density at radius 1 is 1.19 bits per heavy atom. The number of aromatic nitrogens is 1. The molecule has 0 bridgehead atoms. The van der Waals surface area contributed by atoms with Gasteiger partial charge in [0.05, 0.1) is 17.6 Å². The van der Waals surface area contributed by atoms with Crippen LogP contribution in [0.3, 0.4) is 0 Å². The van der Waals surface area contributed by atoms with E-state index < -0.39 is 0 Å². The van der Waals surface area contributed by atoms with Crippen molar-refractivity contribution in [3.8, 4) is 6.07 Å². The number of likely N-dealkylation sites (tertiary alicyclic amines) is 1. The first-order chi connectivity index (χ1) is 15.4. The smallest absolute Gasteiger partial charge is 0.101 e. The molecule has 0 saturated carbocycles. The number of pyridine rings is 1. The first-order valence-electron chi connectivity index (χ1n) is 11.4. The van der Waals surface area contributed by atoms with Gasteiger partial charge in [-0.2, -0.15) is 5.26 Å². The highest BCUT2D eigenvalue weighted by Gasteiger charge is 2.39. The summed E-state index contributed by atoms with van der Waals surface area (Å²) in [4.78, 5) is 12.0. The van der Waals surface area contributed by atoms with Crippen LogP contribution in [0, 0.1) is 11.3 Å². The fraction of sp³-hybridized carbons (Fsp3) is 0.385. The second-order valence-electron chi connectivity index (χ2n) is 9.94. The number of fused-ring (bicyclic) bond motifs is 3. The fourth-order valence-electron chi connectivity index (χ4n) is 5.77. The van der Waals surface area contributed by atoms with E-state index in [4.69, 9.17) is 5.73 Å². The van der Waals surface area contributed by atoms with Gasteiger partial charge in [-0.3, -0.25) is 4.98 Å². The van der Waals surface area contributed by atoms with Crippen LogP contribution in [0.4, 0.5) is 5.69 Å². The maximum Gasteiger partial charge on any atom is 0.101 e. The minimum absolute atomic E-state index is 0.0566. The first-order valence-corrected chi connectivity index (χ1v) is 11.4. The van der Waals surface area contributed by atoms with Crippen molar-refractivity contribution < 1.29 is 0 Å². The van der Waals surface area contributed by atoms with E-state index in [1.54, 1.807) is 6.20 Å². The second-order valence-corrected chi connectivity index (χ2v) is 9.94. The molecule has 2 aromatic rings. The molecule has 4 aliphatic rings.